The van der Waals surface area contributed by atoms with Gasteiger partial charge in [-0.2, -0.15) is 5.10 Å². The van der Waals surface area contributed by atoms with Crippen molar-refractivity contribution in [1.29, 1.82) is 0 Å². The molecule has 0 fully saturated rings. The van der Waals surface area contributed by atoms with E-state index >= 15 is 0 Å². The number of nitrogens with zero attached hydrogens (tertiary/aromatic N) is 1. The first-order valence-electron chi connectivity index (χ1n) is 19.0. The van der Waals surface area contributed by atoms with Gasteiger partial charge in [0.25, 0.3) is 5.91 Å². The summed E-state index contributed by atoms with van der Waals surface area (Å²) in [5.41, 5.74) is 17.8. The van der Waals surface area contributed by atoms with E-state index in [9.17, 15) is 33.6 Å². The lowest BCUT2D eigenvalue weighted by atomic mass is 10.0. The fourth-order valence-corrected chi connectivity index (χ4v) is 4.70. The first-order chi connectivity index (χ1) is 26.5. The number of rotatable bonds is 19. The number of hydrogen-bond donors (Lipinski definition) is 8. The Bertz CT molecular complexity index is 1660. The SMILES string of the molecule is CC.CC(=O)N[C@@H](CC(C)C)C(N)=O.CC(C)CCC(=O)NCC(=O)NCCCCNC(=O)c1ccc(-c2n[nH]c3ccccc23)cc1.NC(=O)CCC(N)=O. The average molecular weight is 782 g/mol. The van der Waals surface area contributed by atoms with Gasteiger partial charge in [0, 0.05) is 55.8 Å². The van der Waals surface area contributed by atoms with Crippen LogP contribution in [0.15, 0.2) is 48.5 Å². The molecule has 1 aromatic heterocycles. The van der Waals surface area contributed by atoms with Crippen LogP contribution >= 0.6 is 0 Å². The summed E-state index contributed by atoms with van der Waals surface area (Å²) in [6.45, 7) is 14.4. The van der Waals surface area contributed by atoms with E-state index in [4.69, 9.17) is 17.2 Å². The maximum Gasteiger partial charge on any atom is 0.251 e. The number of fused-ring (bicyclic) bond motifs is 1. The van der Waals surface area contributed by atoms with Crippen molar-refractivity contribution < 1.29 is 33.6 Å². The summed E-state index contributed by atoms with van der Waals surface area (Å²) >= 11 is 0. The molecule has 0 bridgehead atoms. The largest absolute Gasteiger partial charge is 0.370 e. The minimum Gasteiger partial charge on any atom is -0.370 e. The van der Waals surface area contributed by atoms with Crippen molar-refractivity contribution in [3.63, 3.8) is 0 Å². The number of nitrogens with two attached hydrogens (primary N) is 3. The lowest BCUT2D eigenvalue weighted by Crippen LogP contribution is -2.44. The molecule has 0 saturated carbocycles. The molecule has 56 heavy (non-hydrogen) atoms. The molecular formula is C40H63N9O7. The lowest BCUT2D eigenvalue weighted by Gasteiger charge is -2.15. The van der Waals surface area contributed by atoms with Crippen LogP contribution in [0, 0.1) is 11.8 Å². The molecule has 11 N–H and O–H groups in total. The third kappa shape index (κ3) is 23.1. The maximum absolute atomic E-state index is 12.4. The Morgan fingerprint density at radius 2 is 1.29 bits per heavy atom. The zero-order valence-corrected chi connectivity index (χ0v) is 34.0. The Kier molecular flexibility index (Phi) is 25.7. The highest BCUT2D eigenvalue weighted by Crippen LogP contribution is 2.26. The van der Waals surface area contributed by atoms with Crippen molar-refractivity contribution in [1.82, 2.24) is 31.5 Å². The molecule has 0 saturated heterocycles. The number of hydrogen-bond acceptors (Lipinski definition) is 8. The summed E-state index contributed by atoms with van der Waals surface area (Å²) in [6, 6.07) is 14.8. The molecule has 2 aromatic carbocycles. The molecular weight excluding hydrogens is 718 g/mol. The van der Waals surface area contributed by atoms with E-state index in [0.717, 1.165) is 41.4 Å². The number of aromatic amines is 1. The van der Waals surface area contributed by atoms with E-state index in [1.807, 2.05) is 64.1 Å². The number of primary amides is 3. The van der Waals surface area contributed by atoms with Gasteiger partial charge in [0.2, 0.25) is 35.4 Å². The number of H-pyrrole nitrogens is 1. The lowest BCUT2D eigenvalue weighted by molar-refractivity contribution is -0.126. The number of benzene rings is 2. The molecule has 0 aliphatic carbocycles. The number of amides is 7. The first kappa shape index (κ1) is 50.2. The second kappa shape index (κ2) is 28.6. The van der Waals surface area contributed by atoms with E-state index in [1.165, 1.54) is 6.92 Å². The van der Waals surface area contributed by atoms with Crippen LogP contribution in [0.2, 0.25) is 0 Å². The minimum atomic E-state index is -0.525. The predicted molar refractivity (Wildman–Crippen MR) is 218 cm³/mol. The molecule has 1 atom stereocenters. The smallest absolute Gasteiger partial charge is 0.251 e. The molecule has 0 aliphatic heterocycles. The number of aromatic nitrogens is 2. The Hall–Kier alpha value is -5.80. The second-order valence-corrected chi connectivity index (χ2v) is 13.4. The van der Waals surface area contributed by atoms with E-state index in [1.54, 1.807) is 12.1 Å². The Balaban J connectivity index is 0.00000113. The highest BCUT2D eigenvalue weighted by molar-refractivity contribution is 5.96. The summed E-state index contributed by atoms with van der Waals surface area (Å²) in [6.07, 6.45) is 3.42. The monoisotopic (exact) mass is 781 g/mol. The van der Waals surface area contributed by atoms with Crippen molar-refractivity contribution >= 4 is 52.3 Å². The molecule has 0 radical (unpaired) electrons. The molecule has 16 heteroatoms. The molecule has 0 unspecified atom stereocenters. The average Bonchev–Trinajstić information content (AvgIpc) is 3.58. The van der Waals surface area contributed by atoms with Gasteiger partial charge < -0.3 is 38.5 Å². The van der Waals surface area contributed by atoms with Gasteiger partial charge in [-0.05, 0) is 55.7 Å². The summed E-state index contributed by atoms with van der Waals surface area (Å²) in [7, 11) is 0. The third-order valence-electron chi connectivity index (χ3n) is 7.54. The van der Waals surface area contributed by atoms with Crippen LogP contribution in [0.1, 0.15) is 104 Å². The number of para-hydroxylation sites is 1. The highest BCUT2D eigenvalue weighted by atomic mass is 16.2. The van der Waals surface area contributed by atoms with E-state index in [0.29, 0.717) is 43.3 Å². The van der Waals surface area contributed by atoms with Crippen LogP contribution in [-0.4, -0.2) is 77.2 Å². The number of carbonyl (C=O) groups is 7. The molecule has 1 heterocycles. The molecule has 310 valence electrons. The van der Waals surface area contributed by atoms with E-state index in [2.05, 4.69) is 45.3 Å². The van der Waals surface area contributed by atoms with Gasteiger partial charge in [-0.3, -0.25) is 38.7 Å². The number of unbranched alkanes of at least 4 members (excludes halogenated alkanes) is 1. The molecule has 3 aromatic rings. The molecule has 0 spiro atoms. The second-order valence-electron chi connectivity index (χ2n) is 13.4. The zero-order valence-electron chi connectivity index (χ0n) is 34.0. The quantitative estimate of drug-likeness (QED) is 0.0835. The number of nitrogens with one attached hydrogen (secondary N) is 5. The van der Waals surface area contributed by atoms with Crippen LogP contribution in [0.5, 0.6) is 0 Å². The first-order valence-corrected chi connectivity index (χ1v) is 19.0. The predicted octanol–water partition coefficient (Wildman–Crippen LogP) is 3.19. The minimum absolute atomic E-state index is 0.00225. The topological polar surface area (TPSA) is 274 Å². The summed E-state index contributed by atoms with van der Waals surface area (Å²) in [4.78, 5) is 77.1. The molecule has 3 rings (SSSR count). The van der Waals surface area contributed by atoms with Crippen LogP contribution in [0.4, 0.5) is 0 Å². The zero-order chi connectivity index (χ0) is 42.6. The van der Waals surface area contributed by atoms with Gasteiger partial charge in [0.15, 0.2) is 0 Å². The van der Waals surface area contributed by atoms with E-state index in [-0.39, 0.29) is 43.0 Å². The maximum atomic E-state index is 12.4. The van der Waals surface area contributed by atoms with Gasteiger partial charge in [-0.15, -0.1) is 0 Å². The Morgan fingerprint density at radius 3 is 1.80 bits per heavy atom. The molecule has 0 aliphatic rings. The van der Waals surface area contributed by atoms with Crippen molar-refractivity contribution in [2.45, 2.75) is 99.5 Å². The highest BCUT2D eigenvalue weighted by Gasteiger charge is 2.17. The molecule has 7 amide bonds. The van der Waals surface area contributed by atoms with Gasteiger partial charge in [0.05, 0.1) is 17.8 Å². The van der Waals surface area contributed by atoms with Crippen LogP contribution in [-0.2, 0) is 28.8 Å². The van der Waals surface area contributed by atoms with Crippen LogP contribution in [0.3, 0.4) is 0 Å². The summed E-state index contributed by atoms with van der Waals surface area (Å²) < 4.78 is 0. The Labute approximate surface area is 330 Å². The Morgan fingerprint density at radius 1 is 0.714 bits per heavy atom. The number of carbonyl (C=O) groups excluding carboxylic acids is 7. The van der Waals surface area contributed by atoms with Crippen LogP contribution in [0.25, 0.3) is 22.2 Å². The summed E-state index contributed by atoms with van der Waals surface area (Å²) in [5, 5.41) is 19.3. The summed E-state index contributed by atoms with van der Waals surface area (Å²) in [5.74, 6) is -1.32. The van der Waals surface area contributed by atoms with Crippen molar-refractivity contribution in [3.05, 3.63) is 54.1 Å². The van der Waals surface area contributed by atoms with E-state index < -0.39 is 23.8 Å². The normalized spacial score (nSPS) is 10.7. The van der Waals surface area contributed by atoms with Gasteiger partial charge in [-0.1, -0.05) is 71.9 Å². The van der Waals surface area contributed by atoms with Gasteiger partial charge in [-0.25, -0.2) is 0 Å². The fraction of sp³-hybridized carbons (Fsp3) is 0.500. The van der Waals surface area contributed by atoms with Crippen LogP contribution < -0.4 is 38.5 Å². The molecule has 16 nitrogen and oxygen atoms in total. The fourth-order valence-electron chi connectivity index (χ4n) is 4.70. The van der Waals surface area contributed by atoms with Gasteiger partial charge >= 0.3 is 0 Å². The van der Waals surface area contributed by atoms with Gasteiger partial charge in [0.1, 0.15) is 6.04 Å². The van der Waals surface area contributed by atoms with Crippen molar-refractivity contribution in [2.24, 2.45) is 29.0 Å². The third-order valence-corrected chi connectivity index (χ3v) is 7.54. The standard InChI is InChI=1S/C26H33N5O3.C8H16N2O2.C4H8N2O2.C2H6/c1-18(2)9-14-23(32)29-17-24(33)27-15-5-6-16-28-26(34)20-12-10-19(11-13-20)25-21-7-3-4-8-22(21)30-31-25;1-5(2)4-7(8(9)12)10-6(3)11;5-3(7)1-2-4(6)8;1-2/h3-4,7-8,10-13,18H,5-6,9,14-17H2,1-2H3,(H,27,33)(H,28,34)(H,29,32)(H,30,31);5,7H,4H2,1-3H3,(H2,9,12)(H,10,11);1-2H2,(H2,5,7)(H2,6,8);1-2H3/t;7-;;/m.0../s1. The van der Waals surface area contributed by atoms with Crippen molar-refractivity contribution in [2.75, 3.05) is 19.6 Å². The van der Waals surface area contributed by atoms with Crippen molar-refractivity contribution in [3.8, 4) is 11.3 Å².